The van der Waals surface area contributed by atoms with E-state index in [1.165, 1.54) is 0 Å². The number of nitrogens with two attached hydrogens (primary N) is 1. The number of likely N-dealkylation sites (N-methyl/N-ethyl adjacent to an activating group) is 1. The topological polar surface area (TPSA) is 96.2 Å². The van der Waals surface area contributed by atoms with Gasteiger partial charge < -0.3 is 21.7 Å². The average Bonchev–Trinajstić information content (AvgIpc) is 2.60. The zero-order chi connectivity index (χ0) is 17.4. The third kappa shape index (κ3) is 5.01. The Morgan fingerprint density at radius 1 is 1.00 bits per heavy atom. The first-order valence-corrected chi connectivity index (χ1v) is 7.81. The van der Waals surface area contributed by atoms with Crippen molar-refractivity contribution in [3.8, 4) is 0 Å². The minimum atomic E-state index is -0.738. The van der Waals surface area contributed by atoms with E-state index in [0.717, 1.165) is 11.1 Å². The Balaban J connectivity index is 1.99. The first-order valence-electron chi connectivity index (χ1n) is 7.81. The lowest BCUT2D eigenvalue weighted by atomic mass is 10.1. The highest BCUT2D eigenvalue weighted by molar-refractivity contribution is 5.88. The van der Waals surface area contributed by atoms with Crippen molar-refractivity contribution in [2.45, 2.75) is 19.5 Å². The molecule has 0 aliphatic heterocycles. The number of amides is 3. The van der Waals surface area contributed by atoms with Crippen molar-refractivity contribution < 1.29 is 9.59 Å². The van der Waals surface area contributed by atoms with Gasteiger partial charge in [0.25, 0.3) is 0 Å². The molecule has 24 heavy (non-hydrogen) atoms. The van der Waals surface area contributed by atoms with Crippen LogP contribution in [-0.4, -0.2) is 18.5 Å². The molecule has 0 aromatic heterocycles. The van der Waals surface area contributed by atoms with Gasteiger partial charge in [-0.1, -0.05) is 42.5 Å². The Labute approximate surface area is 141 Å². The molecule has 0 saturated heterocycles. The van der Waals surface area contributed by atoms with E-state index in [1.807, 2.05) is 37.3 Å². The van der Waals surface area contributed by atoms with Crippen LogP contribution in [0.4, 0.5) is 10.5 Å². The van der Waals surface area contributed by atoms with Gasteiger partial charge in [0.05, 0.1) is 0 Å². The minimum Gasteiger partial charge on any atom is -0.399 e. The number of hydrogen-bond acceptors (Lipinski definition) is 3. The monoisotopic (exact) mass is 326 g/mol. The summed E-state index contributed by atoms with van der Waals surface area (Å²) < 4.78 is 0. The van der Waals surface area contributed by atoms with Gasteiger partial charge >= 0.3 is 6.03 Å². The summed E-state index contributed by atoms with van der Waals surface area (Å²) in [7, 11) is 0. The highest BCUT2D eigenvalue weighted by atomic mass is 16.2. The predicted molar refractivity (Wildman–Crippen MR) is 94.1 cm³/mol. The molecule has 0 aliphatic rings. The van der Waals surface area contributed by atoms with Crippen LogP contribution in [0.15, 0.2) is 54.6 Å². The lowest BCUT2D eigenvalue weighted by molar-refractivity contribution is -0.122. The second-order valence-electron chi connectivity index (χ2n) is 5.31. The Kier molecular flexibility index (Phi) is 6.19. The van der Waals surface area contributed by atoms with E-state index in [4.69, 9.17) is 5.73 Å². The largest absolute Gasteiger partial charge is 0.399 e. The molecule has 2 rings (SSSR count). The van der Waals surface area contributed by atoms with E-state index in [-0.39, 0.29) is 5.91 Å². The quantitative estimate of drug-likeness (QED) is 0.611. The summed E-state index contributed by atoms with van der Waals surface area (Å²) in [6.45, 7) is 2.68. The third-order valence-electron chi connectivity index (χ3n) is 3.45. The number of carbonyl (C=O) groups is 2. The third-order valence-corrected chi connectivity index (χ3v) is 3.45. The van der Waals surface area contributed by atoms with E-state index >= 15 is 0 Å². The lowest BCUT2D eigenvalue weighted by Gasteiger charge is -2.19. The van der Waals surface area contributed by atoms with E-state index in [0.29, 0.717) is 18.8 Å². The molecule has 0 aliphatic carbocycles. The van der Waals surface area contributed by atoms with Crippen molar-refractivity contribution in [2.75, 3.05) is 12.3 Å². The van der Waals surface area contributed by atoms with Crippen LogP contribution < -0.4 is 21.7 Å². The summed E-state index contributed by atoms with van der Waals surface area (Å²) in [4.78, 5) is 24.4. The molecule has 1 unspecified atom stereocenters. The number of urea groups is 1. The van der Waals surface area contributed by atoms with Gasteiger partial charge in [0.15, 0.2) is 0 Å². The fourth-order valence-corrected chi connectivity index (χ4v) is 2.22. The smallest absolute Gasteiger partial charge is 0.315 e. The molecule has 0 saturated carbocycles. The first kappa shape index (κ1) is 17.3. The summed E-state index contributed by atoms with van der Waals surface area (Å²) in [5, 5.41) is 8.19. The van der Waals surface area contributed by atoms with Crippen molar-refractivity contribution in [2.24, 2.45) is 0 Å². The SMILES string of the molecule is CCNC(=O)C(NC(=O)NCc1ccc(N)cc1)c1ccccc1. The Bertz CT molecular complexity index is 671. The maximum atomic E-state index is 12.2. The van der Waals surface area contributed by atoms with Crippen LogP contribution in [0.1, 0.15) is 24.1 Å². The molecule has 126 valence electrons. The molecule has 0 heterocycles. The summed E-state index contributed by atoms with van der Waals surface area (Å²) in [5.41, 5.74) is 7.95. The van der Waals surface area contributed by atoms with Crippen molar-refractivity contribution >= 4 is 17.6 Å². The Morgan fingerprint density at radius 2 is 1.67 bits per heavy atom. The minimum absolute atomic E-state index is 0.244. The molecule has 5 N–H and O–H groups in total. The van der Waals surface area contributed by atoms with Gasteiger partial charge in [-0.3, -0.25) is 4.79 Å². The number of carbonyl (C=O) groups excluding carboxylic acids is 2. The van der Waals surface area contributed by atoms with Crippen LogP contribution in [0.5, 0.6) is 0 Å². The molecule has 0 radical (unpaired) electrons. The molecule has 6 nitrogen and oxygen atoms in total. The van der Waals surface area contributed by atoms with Gasteiger partial charge in [0, 0.05) is 18.8 Å². The van der Waals surface area contributed by atoms with E-state index in [2.05, 4.69) is 16.0 Å². The molecule has 6 heteroatoms. The number of rotatable bonds is 6. The number of nitrogen functional groups attached to an aromatic ring is 1. The van der Waals surface area contributed by atoms with E-state index in [9.17, 15) is 9.59 Å². The summed E-state index contributed by atoms with van der Waals surface area (Å²) >= 11 is 0. The first-order chi connectivity index (χ1) is 11.6. The fourth-order valence-electron chi connectivity index (χ4n) is 2.22. The molecular formula is C18H22N4O2. The van der Waals surface area contributed by atoms with Crippen LogP contribution in [0.2, 0.25) is 0 Å². The van der Waals surface area contributed by atoms with Crippen molar-refractivity contribution in [3.63, 3.8) is 0 Å². The predicted octanol–water partition coefficient (Wildman–Crippen LogP) is 1.95. The van der Waals surface area contributed by atoms with Gasteiger partial charge in [-0.15, -0.1) is 0 Å². The summed E-state index contributed by atoms with van der Waals surface area (Å²) in [5.74, 6) is -0.244. The summed E-state index contributed by atoms with van der Waals surface area (Å²) in [6.07, 6.45) is 0. The Morgan fingerprint density at radius 3 is 2.29 bits per heavy atom. The van der Waals surface area contributed by atoms with Gasteiger partial charge in [-0.2, -0.15) is 0 Å². The van der Waals surface area contributed by atoms with E-state index in [1.54, 1.807) is 24.3 Å². The highest BCUT2D eigenvalue weighted by Gasteiger charge is 2.21. The van der Waals surface area contributed by atoms with Gasteiger partial charge in [-0.25, -0.2) is 4.79 Å². The number of hydrogen-bond donors (Lipinski definition) is 4. The molecule has 0 bridgehead atoms. The van der Waals surface area contributed by atoms with Gasteiger partial charge in [0.1, 0.15) is 6.04 Å². The van der Waals surface area contributed by atoms with Crippen molar-refractivity contribution in [3.05, 3.63) is 65.7 Å². The normalized spacial score (nSPS) is 11.4. The molecule has 0 spiro atoms. The van der Waals surface area contributed by atoms with Crippen LogP contribution in [0.25, 0.3) is 0 Å². The maximum Gasteiger partial charge on any atom is 0.315 e. The summed E-state index contributed by atoms with van der Waals surface area (Å²) in [6, 6.07) is 15.2. The fraction of sp³-hybridized carbons (Fsp3) is 0.222. The number of nitrogens with one attached hydrogen (secondary N) is 3. The highest BCUT2D eigenvalue weighted by Crippen LogP contribution is 2.12. The zero-order valence-corrected chi connectivity index (χ0v) is 13.6. The molecule has 2 aromatic rings. The molecular weight excluding hydrogens is 304 g/mol. The molecule has 3 amide bonds. The van der Waals surface area contributed by atoms with Crippen LogP contribution in [0, 0.1) is 0 Å². The van der Waals surface area contributed by atoms with Gasteiger partial charge in [0.2, 0.25) is 5.91 Å². The van der Waals surface area contributed by atoms with Crippen molar-refractivity contribution in [1.82, 2.24) is 16.0 Å². The molecule has 2 aromatic carbocycles. The van der Waals surface area contributed by atoms with Gasteiger partial charge in [-0.05, 0) is 30.2 Å². The zero-order valence-electron chi connectivity index (χ0n) is 13.6. The van der Waals surface area contributed by atoms with Crippen LogP contribution in [-0.2, 0) is 11.3 Å². The second-order valence-corrected chi connectivity index (χ2v) is 5.31. The van der Waals surface area contributed by atoms with Crippen LogP contribution >= 0.6 is 0 Å². The number of anilines is 1. The van der Waals surface area contributed by atoms with Crippen molar-refractivity contribution in [1.29, 1.82) is 0 Å². The number of benzene rings is 2. The van der Waals surface area contributed by atoms with Crippen LogP contribution in [0.3, 0.4) is 0 Å². The molecule has 0 fully saturated rings. The Hall–Kier alpha value is -3.02. The van der Waals surface area contributed by atoms with E-state index < -0.39 is 12.1 Å². The standard InChI is InChI=1S/C18H22N4O2/c1-2-20-17(23)16(14-6-4-3-5-7-14)22-18(24)21-12-13-8-10-15(19)11-9-13/h3-11,16H,2,12,19H2,1H3,(H,20,23)(H2,21,22,24). The molecule has 1 atom stereocenters. The second kappa shape index (κ2) is 8.57. The average molecular weight is 326 g/mol. The maximum absolute atomic E-state index is 12.2. The lowest BCUT2D eigenvalue weighted by Crippen LogP contribution is -2.44.